The van der Waals surface area contributed by atoms with Gasteiger partial charge in [-0.1, -0.05) is 44.2 Å². The van der Waals surface area contributed by atoms with E-state index in [9.17, 15) is 24.6 Å². The monoisotopic (exact) mass is 738 g/mol. The van der Waals surface area contributed by atoms with E-state index in [1.807, 2.05) is 44.2 Å². The highest BCUT2D eigenvalue weighted by molar-refractivity contribution is 5.87. The van der Waals surface area contributed by atoms with Crippen molar-refractivity contribution in [2.75, 3.05) is 27.4 Å². The Morgan fingerprint density at radius 2 is 1.74 bits per heavy atom. The van der Waals surface area contributed by atoms with Gasteiger partial charge in [0.15, 0.2) is 5.60 Å². The molecule has 3 saturated carbocycles. The summed E-state index contributed by atoms with van der Waals surface area (Å²) < 4.78 is 56.8. The Kier molecular flexibility index (Phi) is 7.41. The van der Waals surface area contributed by atoms with E-state index in [4.69, 9.17) is 42.6 Å². The van der Waals surface area contributed by atoms with Gasteiger partial charge < -0.3 is 52.8 Å². The third kappa shape index (κ3) is 3.95. The summed E-state index contributed by atoms with van der Waals surface area (Å²) in [6.07, 6.45) is 0.517. The van der Waals surface area contributed by atoms with Crippen molar-refractivity contribution in [2.24, 2.45) is 34.0 Å². The molecule has 7 fully saturated rings. The van der Waals surface area contributed by atoms with Crippen LogP contribution in [-0.4, -0.2) is 115 Å². The zero-order chi connectivity index (χ0) is 37.6. The molecule has 0 unspecified atom stereocenters. The van der Waals surface area contributed by atoms with Crippen LogP contribution in [-0.2, 0) is 57.0 Å². The molecule has 0 amide bonds. The van der Waals surface area contributed by atoms with Gasteiger partial charge in [-0.15, -0.1) is 0 Å². The third-order valence-corrected chi connectivity index (χ3v) is 14.8. The normalized spacial score (nSPS) is 52.2. The number of ether oxygens (including phenoxy) is 9. The van der Waals surface area contributed by atoms with E-state index in [0.717, 1.165) is 5.56 Å². The van der Waals surface area contributed by atoms with Gasteiger partial charge in [-0.2, -0.15) is 0 Å². The van der Waals surface area contributed by atoms with E-state index < -0.39 is 111 Å². The lowest BCUT2D eigenvalue weighted by Gasteiger charge is -2.66. The summed E-state index contributed by atoms with van der Waals surface area (Å²) in [6, 6.07) is 9.27. The molecule has 53 heavy (non-hydrogen) atoms. The van der Waals surface area contributed by atoms with Gasteiger partial charge in [0.25, 0.3) is 5.79 Å². The van der Waals surface area contributed by atoms with Gasteiger partial charge in [0.2, 0.25) is 6.29 Å². The predicted molar refractivity (Wildman–Crippen MR) is 179 cm³/mol. The van der Waals surface area contributed by atoms with Crippen LogP contribution in [0.1, 0.15) is 46.1 Å². The minimum Gasteiger partial charge on any atom is -0.469 e. The third-order valence-electron chi connectivity index (χ3n) is 14.8. The standard InChI is InChI=1S/C39H46O14/c1-20(40)50-23-17-24(51-26(41)13-12-21-10-8-7-9-11-21)36-19-49-38(46-6,31(42)45-5)30(36)34(3)29(27-28(36)33(23,2)18-48-27)53-35(4)22-16-25(39(34,35)44)52-32-37(22,43)14-15-47-32/h7-15,22-25,27-30,32,43-44H,16-19H2,1-6H3/b13-12+/t22-,23-,24+,25+,27-,28+,29-,30+,32-,33-,34-,35-,36+,37-,38+,39+/m1/s1. The number of benzene rings is 1. The molecule has 8 aliphatic rings. The van der Waals surface area contributed by atoms with Gasteiger partial charge in [0.05, 0.1) is 44.9 Å². The van der Waals surface area contributed by atoms with E-state index in [2.05, 4.69) is 0 Å². The number of esters is 3. The van der Waals surface area contributed by atoms with Crippen LogP contribution < -0.4 is 0 Å². The first-order valence-corrected chi connectivity index (χ1v) is 18.2. The van der Waals surface area contributed by atoms with Crippen LogP contribution in [0.5, 0.6) is 0 Å². The zero-order valence-electron chi connectivity index (χ0n) is 30.5. The van der Waals surface area contributed by atoms with E-state index >= 15 is 0 Å². The average molecular weight is 739 g/mol. The Hall–Kier alpha value is -3.37. The number of carbonyl (C=O) groups excluding carboxylic acids is 3. The molecule has 0 aromatic heterocycles. The number of hydrogen-bond acceptors (Lipinski definition) is 14. The Morgan fingerprint density at radius 1 is 0.981 bits per heavy atom. The molecule has 2 N–H and O–H groups in total. The van der Waals surface area contributed by atoms with Gasteiger partial charge in [-0.3, -0.25) is 4.79 Å². The molecule has 1 aromatic rings. The van der Waals surface area contributed by atoms with Gasteiger partial charge >= 0.3 is 17.9 Å². The number of aliphatic hydroxyl groups is 2. The summed E-state index contributed by atoms with van der Waals surface area (Å²) in [7, 11) is 2.57. The van der Waals surface area contributed by atoms with Crippen molar-refractivity contribution in [3.05, 3.63) is 54.3 Å². The molecule has 1 spiro atoms. The molecule has 0 radical (unpaired) electrons. The molecular weight excluding hydrogens is 692 g/mol. The van der Waals surface area contributed by atoms with Gasteiger partial charge in [0.1, 0.15) is 23.4 Å². The summed E-state index contributed by atoms with van der Waals surface area (Å²) in [5, 5.41) is 25.8. The van der Waals surface area contributed by atoms with Crippen LogP contribution in [0.2, 0.25) is 0 Å². The maximum Gasteiger partial charge on any atom is 0.366 e. The lowest BCUT2D eigenvalue weighted by molar-refractivity contribution is -0.318. The lowest BCUT2D eigenvalue weighted by Crippen LogP contribution is -2.78. The highest BCUT2D eigenvalue weighted by atomic mass is 16.7. The molecule has 2 bridgehead atoms. The Morgan fingerprint density at radius 3 is 2.43 bits per heavy atom. The molecule has 5 heterocycles. The van der Waals surface area contributed by atoms with E-state index in [0.29, 0.717) is 0 Å². The van der Waals surface area contributed by atoms with Crippen molar-refractivity contribution in [1.82, 2.24) is 0 Å². The van der Waals surface area contributed by atoms with Crippen LogP contribution in [0.3, 0.4) is 0 Å². The fraction of sp³-hybridized carbons (Fsp3) is 0.667. The number of carbonyl (C=O) groups is 3. The van der Waals surface area contributed by atoms with Crippen LogP contribution in [0.25, 0.3) is 6.08 Å². The predicted octanol–water partition coefficient (Wildman–Crippen LogP) is 2.05. The molecule has 14 heteroatoms. The van der Waals surface area contributed by atoms with Crippen molar-refractivity contribution < 1.29 is 67.2 Å². The van der Waals surface area contributed by atoms with Crippen LogP contribution in [0.15, 0.2) is 48.7 Å². The number of methoxy groups -OCH3 is 2. The smallest absolute Gasteiger partial charge is 0.366 e. The molecule has 4 saturated heterocycles. The Labute approximate surface area is 306 Å². The summed E-state index contributed by atoms with van der Waals surface area (Å²) in [5.41, 5.74) is -8.02. The second kappa shape index (κ2) is 11.1. The van der Waals surface area contributed by atoms with Crippen molar-refractivity contribution in [1.29, 1.82) is 0 Å². The summed E-state index contributed by atoms with van der Waals surface area (Å²) in [4.78, 5) is 40.8. The van der Waals surface area contributed by atoms with Crippen LogP contribution in [0.4, 0.5) is 0 Å². The fourth-order valence-electron chi connectivity index (χ4n) is 12.9. The van der Waals surface area contributed by atoms with E-state index in [-0.39, 0.29) is 26.1 Å². The highest BCUT2D eigenvalue weighted by Gasteiger charge is 2.94. The molecule has 1 aromatic carbocycles. The van der Waals surface area contributed by atoms with E-state index in [1.165, 1.54) is 39.6 Å². The van der Waals surface area contributed by atoms with Crippen LogP contribution >= 0.6 is 0 Å². The molecule has 9 rings (SSSR count). The first-order chi connectivity index (χ1) is 25.1. The number of rotatable bonds is 6. The molecule has 5 aliphatic heterocycles. The summed E-state index contributed by atoms with van der Waals surface area (Å²) >= 11 is 0. The molecule has 286 valence electrons. The minimum atomic E-state index is -2.14. The quantitative estimate of drug-likeness (QED) is 0.247. The van der Waals surface area contributed by atoms with Crippen molar-refractivity contribution in [3.63, 3.8) is 0 Å². The maximum atomic E-state index is 14.3. The highest BCUT2D eigenvalue weighted by Crippen LogP contribution is 2.81. The Balaban J connectivity index is 1.26. The number of fused-ring (bicyclic) bond motifs is 11. The van der Waals surface area contributed by atoms with Gasteiger partial charge in [-0.05, 0) is 31.1 Å². The molecule has 14 nitrogen and oxygen atoms in total. The minimum absolute atomic E-state index is 0.0364. The first-order valence-electron chi connectivity index (χ1n) is 18.2. The summed E-state index contributed by atoms with van der Waals surface area (Å²) in [5.74, 6) is -6.65. The second-order valence-corrected chi connectivity index (χ2v) is 16.7. The van der Waals surface area contributed by atoms with Gasteiger partial charge in [0, 0.05) is 60.5 Å². The average Bonchev–Trinajstić information content (AvgIpc) is 3.89. The molecule has 16 atom stereocenters. The maximum absolute atomic E-state index is 14.3. The Bertz CT molecular complexity index is 1800. The van der Waals surface area contributed by atoms with Crippen LogP contribution in [0, 0.1) is 34.0 Å². The SMILES string of the molecule is COC(=O)[C@@]1(OC)OC[C@@]23[C@@H](OC(=O)/C=C/c4ccccc4)C[C@@H](OC(C)=O)[C@@]4(C)CO[C@@H]([C@H]5O[C@]6(C)[C@H]7C[C@H](O[C@H]8OC=C[C@]87O)[C@]6(O)[C@@]5(C)[C@H]12)[C@@H]43. The van der Waals surface area contributed by atoms with Gasteiger partial charge in [-0.25, -0.2) is 9.59 Å². The van der Waals surface area contributed by atoms with Crippen molar-refractivity contribution >= 4 is 24.0 Å². The van der Waals surface area contributed by atoms with Crippen molar-refractivity contribution in [2.45, 2.75) is 99.9 Å². The first kappa shape index (κ1) is 35.3. The van der Waals surface area contributed by atoms with Crippen molar-refractivity contribution in [3.8, 4) is 0 Å². The lowest BCUT2D eigenvalue weighted by atomic mass is 9.37. The van der Waals surface area contributed by atoms with E-state index in [1.54, 1.807) is 13.0 Å². The zero-order valence-corrected chi connectivity index (χ0v) is 30.5. The second-order valence-electron chi connectivity index (χ2n) is 16.7. The largest absolute Gasteiger partial charge is 0.469 e. The topological polar surface area (TPSA) is 175 Å². The fourth-order valence-corrected chi connectivity index (χ4v) is 12.9. The molecule has 3 aliphatic carbocycles. The number of hydrogen-bond donors (Lipinski definition) is 2. The summed E-state index contributed by atoms with van der Waals surface area (Å²) in [6.45, 7) is 6.82. The molecular formula is C39H46O14.